The number of esters is 1. The van der Waals surface area contributed by atoms with Gasteiger partial charge in [0, 0.05) is 11.6 Å². The molecule has 0 aliphatic carbocycles. The van der Waals surface area contributed by atoms with Gasteiger partial charge in [-0.3, -0.25) is 9.59 Å². The first-order valence-corrected chi connectivity index (χ1v) is 7.89. The maximum absolute atomic E-state index is 12.1. The zero-order valence-electron chi connectivity index (χ0n) is 12.6. The number of carbonyl (C=O) groups is 2. The van der Waals surface area contributed by atoms with Crippen molar-refractivity contribution < 1.29 is 18.7 Å². The van der Waals surface area contributed by atoms with Crippen LogP contribution in [0.1, 0.15) is 20.9 Å². The third-order valence-corrected chi connectivity index (χ3v) is 4.15. The summed E-state index contributed by atoms with van der Waals surface area (Å²) in [4.78, 5) is 36.1. The number of rotatable bonds is 4. The van der Waals surface area contributed by atoms with Gasteiger partial charge in [0.2, 0.25) is 5.76 Å². The van der Waals surface area contributed by atoms with Crippen LogP contribution in [0.5, 0.6) is 0 Å². The average Bonchev–Trinajstić information content (AvgIpc) is 2.61. The van der Waals surface area contributed by atoms with Crippen molar-refractivity contribution >= 4 is 45.9 Å². The Morgan fingerprint density at radius 3 is 2.52 bits per heavy atom. The largest absolute Gasteiger partial charge is 0.451 e. The predicted molar refractivity (Wildman–Crippen MR) is 93.6 cm³/mol. The smallest absolute Gasteiger partial charge is 0.374 e. The summed E-state index contributed by atoms with van der Waals surface area (Å²) in [5.74, 6) is -1.64. The van der Waals surface area contributed by atoms with Crippen LogP contribution < -0.4 is 5.43 Å². The van der Waals surface area contributed by atoms with Crippen molar-refractivity contribution in [1.82, 2.24) is 0 Å². The molecule has 0 aliphatic rings. The van der Waals surface area contributed by atoms with E-state index in [1.165, 1.54) is 18.2 Å². The van der Waals surface area contributed by atoms with Gasteiger partial charge in [-0.2, -0.15) is 0 Å². The molecule has 3 aromatic rings. The normalized spacial score (nSPS) is 10.6. The zero-order chi connectivity index (χ0) is 18.0. The standard InChI is InChI=1S/C18H10Cl2O5/c19-12-6-5-10(7-13(12)20)15(22)9-24-18(23)17-8-14(21)11-3-1-2-4-16(11)25-17/h1-8H,9H2. The predicted octanol–water partition coefficient (Wildman–Crippen LogP) is 4.14. The van der Waals surface area contributed by atoms with E-state index in [2.05, 4.69) is 0 Å². The molecule has 0 aliphatic heterocycles. The maximum atomic E-state index is 12.1. The first kappa shape index (κ1) is 17.2. The van der Waals surface area contributed by atoms with Crippen molar-refractivity contribution in [3.8, 4) is 0 Å². The summed E-state index contributed by atoms with van der Waals surface area (Å²) in [7, 11) is 0. The van der Waals surface area contributed by atoms with Crippen molar-refractivity contribution in [3.05, 3.63) is 80.1 Å². The van der Waals surface area contributed by atoms with Gasteiger partial charge in [-0.1, -0.05) is 35.3 Å². The lowest BCUT2D eigenvalue weighted by molar-refractivity contribution is 0.0444. The number of para-hydroxylation sites is 1. The lowest BCUT2D eigenvalue weighted by Gasteiger charge is -2.05. The summed E-state index contributed by atoms with van der Waals surface area (Å²) in [6.45, 7) is -0.521. The molecule has 1 aromatic heterocycles. The van der Waals surface area contributed by atoms with Crippen LogP contribution in [-0.4, -0.2) is 18.4 Å². The SMILES string of the molecule is O=C(COC(=O)c1cc(=O)c2ccccc2o1)c1ccc(Cl)c(Cl)c1. The molecule has 0 fully saturated rings. The molecular weight excluding hydrogens is 367 g/mol. The number of hydrogen-bond donors (Lipinski definition) is 0. The van der Waals surface area contributed by atoms with Gasteiger partial charge >= 0.3 is 5.97 Å². The van der Waals surface area contributed by atoms with E-state index in [0.717, 1.165) is 6.07 Å². The van der Waals surface area contributed by atoms with Crippen LogP contribution in [0.25, 0.3) is 11.0 Å². The van der Waals surface area contributed by atoms with Gasteiger partial charge in [0.1, 0.15) is 5.58 Å². The van der Waals surface area contributed by atoms with Crippen molar-refractivity contribution in [2.75, 3.05) is 6.61 Å². The van der Waals surface area contributed by atoms with E-state index >= 15 is 0 Å². The van der Waals surface area contributed by atoms with E-state index in [4.69, 9.17) is 32.4 Å². The maximum Gasteiger partial charge on any atom is 0.374 e. The molecule has 0 unspecified atom stereocenters. The van der Waals surface area contributed by atoms with Crippen LogP contribution in [-0.2, 0) is 4.74 Å². The van der Waals surface area contributed by atoms with E-state index in [0.29, 0.717) is 10.4 Å². The quantitative estimate of drug-likeness (QED) is 0.505. The Bertz CT molecular complexity index is 1040. The number of ketones is 1. The fraction of sp³-hybridized carbons (Fsp3) is 0.0556. The Morgan fingerprint density at radius 2 is 1.76 bits per heavy atom. The average molecular weight is 377 g/mol. The van der Waals surface area contributed by atoms with Crippen LogP contribution in [0.2, 0.25) is 10.0 Å². The molecule has 0 saturated carbocycles. The van der Waals surface area contributed by atoms with Gasteiger partial charge in [0.05, 0.1) is 15.4 Å². The summed E-state index contributed by atoms with van der Waals surface area (Å²) < 4.78 is 10.3. The summed E-state index contributed by atoms with van der Waals surface area (Å²) in [6.07, 6.45) is 0. The fourth-order valence-electron chi connectivity index (χ4n) is 2.16. The molecule has 126 valence electrons. The number of benzene rings is 2. The fourth-order valence-corrected chi connectivity index (χ4v) is 2.46. The van der Waals surface area contributed by atoms with Crippen molar-refractivity contribution in [2.24, 2.45) is 0 Å². The van der Waals surface area contributed by atoms with Gasteiger partial charge in [-0.25, -0.2) is 4.79 Å². The van der Waals surface area contributed by atoms with Gasteiger partial charge in [0.15, 0.2) is 17.8 Å². The lowest BCUT2D eigenvalue weighted by atomic mass is 10.1. The summed E-state index contributed by atoms with van der Waals surface area (Å²) in [5.41, 5.74) is 0.143. The molecule has 0 atom stereocenters. The van der Waals surface area contributed by atoms with E-state index in [1.807, 2.05) is 0 Å². The minimum absolute atomic E-state index is 0.222. The molecule has 3 rings (SSSR count). The topological polar surface area (TPSA) is 73.6 Å². The van der Waals surface area contributed by atoms with Crippen molar-refractivity contribution in [3.63, 3.8) is 0 Å². The number of halogens is 2. The summed E-state index contributed by atoms with van der Waals surface area (Å²) in [5, 5.41) is 0.887. The third kappa shape index (κ3) is 3.73. The van der Waals surface area contributed by atoms with Gasteiger partial charge in [0.25, 0.3) is 0 Å². The number of ether oxygens (including phenoxy) is 1. The van der Waals surface area contributed by atoms with E-state index in [1.54, 1.807) is 24.3 Å². The molecule has 0 amide bonds. The first-order chi connectivity index (χ1) is 12.0. The Hall–Kier alpha value is -2.63. The Labute approximate surface area is 151 Å². The number of hydrogen-bond acceptors (Lipinski definition) is 5. The molecule has 0 N–H and O–H groups in total. The van der Waals surface area contributed by atoms with Gasteiger partial charge in [-0.15, -0.1) is 0 Å². The summed E-state index contributed by atoms with van der Waals surface area (Å²) >= 11 is 11.6. The minimum Gasteiger partial charge on any atom is -0.451 e. The second-order valence-electron chi connectivity index (χ2n) is 5.10. The van der Waals surface area contributed by atoms with Crippen LogP contribution in [0, 0.1) is 0 Å². The number of fused-ring (bicyclic) bond motifs is 1. The van der Waals surface area contributed by atoms with Crippen molar-refractivity contribution in [2.45, 2.75) is 0 Å². The highest BCUT2D eigenvalue weighted by Crippen LogP contribution is 2.23. The van der Waals surface area contributed by atoms with Crippen LogP contribution in [0.3, 0.4) is 0 Å². The monoisotopic (exact) mass is 376 g/mol. The van der Waals surface area contributed by atoms with E-state index in [-0.39, 0.29) is 27.4 Å². The van der Waals surface area contributed by atoms with Crippen LogP contribution in [0.15, 0.2) is 57.7 Å². The van der Waals surface area contributed by atoms with E-state index < -0.39 is 18.4 Å². The summed E-state index contributed by atoms with van der Waals surface area (Å²) in [6, 6.07) is 11.9. The molecule has 0 saturated heterocycles. The first-order valence-electron chi connectivity index (χ1n) is 7.14. The van der Waals surface area contributed by atoms with E-state index in [9.17, 15) is 14.4 Å². The van der Waals surface area contributed by atoms with Crippen LogP contribution in [0.4, 0.5) is 0 Å². The number of Topliss-reactive ketones (excluding diaryl/α,β-unsaturated/α-hetero) is 1. The molecule has 25 heavy (non-hydrogen) atoms. The molecule has 0 radical (unpaired) electrons. The second kappa shape index (κ2) is 7.09. The van der Waals surface area contributed by atoms with Gasteiger partial charge < -0.3 is 9.15 Å². The molecular formula is C18H10Cl2O5. The molecule has 1 heterocycles. The second-order valence-corrected chi connectivity index (χ2v) is 5.91. The number of carbonyl (C=O) groups excluding carboxylic acids is 2. The lowest BCUT2D eigenvalue weighted by Crippen LogP contribution is -2.16. The third-order valence-electron chi connectivity index (χ3n) is 3.41. The highest BCUT2D eigenvalue weighted by atomic mass is 35.5. The Kier molecular flexibility index (Phi) is 4.88. The molecule has 2 aromatic carbocycles. The molecule has 7 heteroatoms. The highest BCUT2D eigenvalue weighted by Gasteiger charge is 2.16. The van der Waals surface area contributed by atoms with Crippen LogP contribution >= 0.6 is 23.2 Å². The van der Waals surface area contributed by atoms with Crippen molar-refractivity contribution in [1.29, 1.82) is 0 Å². The molecule has 0 bridgehead atoms. The van der Waals surface area contributed by atoms with Gasteiger partial charge in [-0.05, 0) is 30.3 Å². The highest BCUT2D eigenvalue weighted by molar-refractivity contribution is 6.42. The molecule has 5 nitrogen and oxygen atoms in total. The molecule has 0 spiro atoms. The zero-order valence-corrected chi connectivity index (χ0v) is 14.1. The Balaban J connectivity index is 1.75. The minimum atomic E-state index is -0.906. The Morgan fingerprint density at radius 1 is 1.00 bits per heavy atom.